The van der Waals surface area contributed by atoms with Crippen LogP contribution in [0.1, 0.15) is 16.7 Å². The SMILES string of the molecule is Cc1ccc(CN)cc1S(=O)(=O)NCCc1ccsc1. The summed E-state index contributed by atoms with van der Waals surface area (Å²) in [5.41, 5.74) is 8.25. The fourth-order valence-electron chi connectivity index (χ4n) is 1.90. The molecule has 0 radical (unpaired) electrons. The number of hydrogen-bond donors (Lipinski definition) is 2. The van der Waals surface area contributed by atoms with Crippen LogP contribution in [0.25, 0.3) is 0 Å². The van der Waals surface area contributed by atoms with E-state index in [9.17, 15) is 8.42 Å². The van der Waals surface area contributed by atoms with Crippen LogP contribution in [0.4, 0.5) is 0 Å². The van der Waals surface area contributed by atoms with E-state index in [-0.39, 0.29) is 0 Å². The molecule has 108 valence electrons. The number of sulfonamides is 1. The number of thiophene rings is 1. The monoisotopic (exact) mass is 310 g/mol. The second kappa shape index (κ2) is 6.49. The smallest absolute Gasteiger partial charge is 0.240 e. The maximum absolute atomic E-state index is 12.3. The molecule has 0 fully saturated rings. The summed E-state index contributed by atoms with van der Waals surface area (Å²) in [6, 6.07) is 7.27. The van der Waals surface area contributed by atoms with Gasteiger partial charge in [0.2, 0.25) is 10.0 Å². The van der Waals surface area contributed by atoms with E-state index < -0.39 is 10.0 Å². The first kappa shape index (κ1) is 15.2. The Morgan fingerprint density at radius 2 is 2.05 bits per heavy atom. The average Bonchev–Trinajstić information content (AvgIpc) is 2.92. The highest BCUT2D eigenvalue weighted by Crippen LogP contribution is 2.17. The molecular weight excluding hydrogens is 292 g/mol. The van der Waals surface area contributed by atoms with Crippen LogP contribution in [0.15, 0.2) is 39.9 Å². The maximum Gasteiger partial charge on any atom is 0.240 e. The van der Waals surface area contributed by atoms with Crippen LogP contribution in [0.2, 0.25) is 0 Å². The van der Waals surface area contributed by atoms with Gasteiger partial charge in [-0.1, -0.05) is 12.1 Å². The third-order valence-corrected chi connectivity index (χ3v) is 5.40. The van der Waals surface area contributed by atoms with Gasteiger partial charge in [-0.2, -0.15) is 11.3 Å². The molecule has 0 amide bonds. The van der Waals surface area contributed by atoms with E-state index in [0.29, 0.717) is 24.4 Å². The Kier molecular flexibility index (Phi) is 4.93. The van der Waals surface area contributed by atoms with E-state index in [0.717, 1.165) is 16.7 Å². The Morgan fingerprint density at radius 3 is 2.70 bits per heavy atom. The summed E-state index contributed by atoms with van der Waals surface area (Å²) in [4.78, 5) is 0.311. The van der Waals surface area contributed by atoms with Crippen LogP contribution in [-0.2, 0) is 23.0 Å². The number of nitrogens with two attached hydrogens (primary N) is 1. The van der Waals surface area contributed by atoms with Crippen molar-refractivity contribution in [2.75, 3.05) is 6.54 Å². The molecule has 1 aromatic heterocycles. The summed E-state index contributed by atoms with van der Waals surface area (Å²) in [6.07, 6.45) is 0.693. The van der Waals surface area contributed by atoms with Gasteiger partial charge in [0.1, 0.15) is 0 Å². The van der Waals surface area contributed by atoms with Crippen LogP contribution in [0, 0.1) is 6.92 Å². The molecule has 4 nitrogen and oxygen atoms in total. The van der Waals surface area contributed by atoms with Crippen LogP contribution >= 0.6 is 11.3 Å². The summed E-state index contributed by atoms with van der Waals surface area (Å²) in [6.45, 7) is 2.51. The molecule has 0 saturated heterocycles. The molecule has 6 heteroatoms. The van der Waals surface area contributed by atoms with Crippen molar-refractivity contribution < 1.29 is 8.42 Å². The minimum absolute atomic E-state index is 0.311. The fraction of sp³-hybridized carbons (Fsp3) is 0.286. The van der Waals surface area contributed by atoms with Gasteiger partial charge in [-0.3, -0.25) is 0 Å². The Balaban J connectivity index is 2.09. The highest BCUT2D eigenvalue weighted by atomic mass is 32.2. The van der Waals surface area contributed by atoms with Gasteiger partial charge in [0, 0.05) is 13.1 Å². The number of rotatable bonds is 6. The van der Waals surface area contributed by atoms with Crippen molar-refractivity contribution in [1.82, 2.24) is 4.72 Å². The molecule has 2 aromatic rings. The standard InChI is InChI=1S/C14H18N2O2S2/c1-11-2-3-13(9-15)8-14(11)20(17,18)16-6-4-12-5-7-19-10-12/h2-3,5,7-8,10,16H,4,6,9,15H2,1H3. The number of hydrogen-bond acceptors (Lipinski definition) is 4. The first-order valence-electron chi connectivity index (χ1n) is 6.33. The Bertz CT molecular complexity index is 664. The summed E-state index contributed by atoms with van der Waals surface area (Å²) >= 11 is 1.61. The third-order valence-electron chi connectivity index (χ3n) is 3.06. The van der Waals surface area contributed by atoms with E-state index in [2.05, 4.69) is 4.72 Å². The van der Waals surface area contributed by atoms with Crippen LogP contribution < -0.4 is 10.5 Å². The van der Waals surface area contributed by atoms with Crippen molar-refractivity contribution in [3.63, 3.8) is 0 Å². The molecular formula is C14H18N2O2S2. The van der Waals surface area contributed by atoms with Gasteiger partial charge in [0.15, 0.2) is 0 Å². The number of benzene rings is 1. The van der Waals surface area contributed by atoms with E-state index in [1.165, 1.54) is 0 Å². The number of nitrogens with one attached hydrogen (secondary N) is 1. The lowest BCUT2D eigenvalue weighted by Gasteiger charge is -2.10. The molecule has 0 saturated carbocycles. The molecule has 3 N–H and O–H groups in total. The number of aryl methyl sites for hydroxylation is 1. The fourth-order valence-corrected chi connectivity index (χ4v) is 3.93. The minimum Gasteiger partial charge on any atom is -0.326 e. The van der Waals surface area contributed by atoms with Gasteiger partial charge < -0.3 is 5.73 Å². The lowest BCUT2D eigenvalue weighted by atomic mass is 10.1. The second-order valence-corrected chi connectivity index (χ2v) is 7.10. The molecule has 1 aromatic carbocycles. The van der Waals surface area contributed by atoms with E-state index in [4.69, 9.17) is 5.73 Å². The Morgan fingerprint density at radius 1 is 1.25 bits per heavy atom. The predicted molar refractivity (Wildman–Crippen MR) is 82.3 cm³/mol. The molecule has 0 spiro atoms. The van der Waals surface area contributed by atoms with Crippen molar-refractivity contribution in [3.05, 3.63) is 51.7 Å². The molecule has 2 rings (SSSR count). The molecule has 1 heterocycles. The zero-order valence-corrected chi connectivity index (χ0v) is 12.9. The molecule has 0 bridgehead atoms. The molecule has 0 unspecified atom stereocenters. The summed E-state index contributed by atoms with van der Waals surface area (Å²) in [5, 5.41) is 4.01. The summed E-state index contributed by atoms with van der Waals surface area (Å²) in [5.74, 6) is 0. The quantitative estimate of drug-likeness (QED) is 0.857. The van der Waals surface area contributed by atoms with E-state index in [1.54, 1.807) is 30.4 Å². The highest BCUT2D eigenvalue weighted by molar-refractivity contribution is 7.89. The Labute approximate surface area is 123 Å². The van der Waals surface area contributed by atoms with Crippen molar-refractivity contribution >= 4 is 21.4 Å². The summed E-state index contributed by atoms with van der Waals surface area (Å²) < 4.78 is 27.2. The topological polar surface area (TPSA) is 72.2 Å². The minimum atomic E-state index is -3.48. The first-order valence-corrected chi connectivity index (χ1v) is 8.76. The van der Waals surface area contributed by atoms with Gasteiger partial charge in [0.25, 0.3) is 0 Å². The molecule has 0 aliphatic rings. The van der Waals surface area contributed by atoms with Crippen LogP contribution in [0.3, 0.4) is 0 Å². The average molecular weight is 310 g/mol. The zero-order chi connectivity index (χ0) is 14.6. The zero-order valence-electron chi connectivity index (χ0n) is 11.3. The van der Waals surface area contributed by atoms with Gasteiger partial charge in [-0.05, 0) is 52.9 Å². The summed E-state index contributed by atoms with van der Waals surface area (Å²) in [7, 11) is -3.48. The van der Waals surface area contributed by atoms with Gasteiger partial charge in [-0.15, -0.1) is 0 Å². The lowest BCUT2D eigenvalue weighted by molar-refractivity contribution is 0.581. The largest absolute Gasteiger partial charge is 0.326 e. The first-order chi connectivity index (χ1) is 9.53. The van der Waals surface area contributed by atoms with E-state index in [1.807, 2.05) is 22.9 Å². The third kappa shape index (κ3) is 3.67. The molecule has 0 aliphatic carbocycles. The van der Waals surface area contributed by atoms with Crippen molar-refractivity contribution in [2.45, 2.75) is 24.8 Å². The van der Waals surface area contributed by atoms with Crippen molar-refractivity contribution in [1.29, 1.82) is 0 Å². The second-order valence-electron chi connectivity index (χ2n) is 4.58. The van der Waals surface area contributed by atoms with Crippen LogP contribution in [0.5, 0.6) is 0 Å². The molecule has 20 heavy (non-hydrogen) atoms. The van der Waals surface area contributed by atoms with Crippen LogP contribution in [-0.4, -0.2) is 15.0 Å². The van der Waals surface area contributed by atoms with Gasteiger partial charge in [0.05, 0.1) is 4.90 Å². The molecule has 0 atom stereocenters. The Hall–Kier alpha value is -1.21. The van der Waals surface area contributed by atoms with Crippen molar-refractivity contribution in [3.8, 4) is 0 Å². The predicted octanol–water partition coefficient (Wildman–Crippen LogP) is 2.04. The van der Waals surface area contributed by atoms with Crippen molar-refractivity contribution in [2.24, 2.45) is 5.73 Å². The van der Waals surface area contributed by atoms with E-state index >= 15 is 0 Å². The lowest BCUT2D eigenvalue weighted by Crippen LogP contribution is -2.26. The molecule has 0 aliphatic heterocycles. The highest BCUT2D eigenvalue weighted by Gasteiger charge is 2.16. The maximum atomic E-state index is 12.3. The normalized spacial score (nSPS) is 11.7. The van der Waals surface area contributed by atoms with Gasteiger partial charge in [-0.25, -0.2) is 13.1 Å². The van der Waals surface area contributed by atoms with Gasteiger partial charge >= 0.3 is 0 Å².